The van der Waals surface area contributed by atoms with Crippen molar-refractivity contribution in [3.63, 3.8) is 0 Å². The van der Waals surface area contributed by atoms with Gasteiger partial charge in [-0.15, -0.1) is 0 Å². The number of ether oxygens (including phenoxy) is 1. The molecule has 0 aliphatic rings. The van der Waals surface area contributed by atoms with Gasteiger partial charge in [0.05, 0.1) is 24.4 Å². The van der Waals surface area contributed by atoms with E-state index in [-0.39, 0.29) is 25.3 Å². The van der Waals surface area contributed by atoms with E-state index in [1.54, 1.807) is 31.3 Å². The lowest BCUT2D eigenvalue weighted by atomic mass is 10.1. The van der Waals surface area contributed by atoms with E-state index in [0.29, 0.717) is 11.2 Å². The summed E-state index contributed by atoms with van der Waals surface area (Å²) in [4.78, 5) is 23.8. The van der Waals surface area contributed by atoms with Gasteiger partial charge in [-0.2, -0.15) is 5.10 Å². The van der Waals surface area contributed by atoms with Gasteiger partial charge in [0.25, 0.3) is 0 Å². The normalized spacial score (nSPS) is 11.9. The molecule has 3 rings (SSSR count). The highest BCUT2D eigenvalue weighted by molar-refractivity contribution is 5.92. The van der Waals surface area contributed by atoms with Crippen LogP contribution in [-0.2, 0) is 16.1 Å². The number of nitrogens with one attached hydrogen (secondary N) is 2. The topological polar surface area (TPSA) is 105 Å². The lowest BCUT2D eigenvalue weighted by Crippen LogP contribution is -2.32. The van der Waals surface area contributed by atoms with Crippen molar-refractivity contribution in [2.45, 2.75) is 19.6 Å². The molecule has 2 aromatic carbocycles. The first-order valence-electron chi connectivity index (χ1n) is 9.16. The zero-order valence-corrected chi connectivity index (χ0v) is 16.1. The van der Waals surface area contributed by atoms with E-state index in [2.05, 4.69) is 15.7 Å². The second-order valence-electron chi connectivity index (χ2n) is 6.41. The summed E-state index contributed by atoms with van der Waals surface area (Å²) in [6, 6.07) is 7.45. The standard InChI is InChI=1S/C20H20F2N4O4/c1-2-30-19(28)11-26-17-8-14(5-3-13(17)9-24-26)25-20(29)23-10-18(27)12-4-6-15(21)16(22)7-12/h3-9,18,27H,2,10-11H2,1H3,(H2,23,25,29). The zero-order chi connectivity index (χ0) is 21.7. The number of anilines is 1. The van der Waals surface area contributed by atoms with E-state index in [1.807, 2.05) is 0 Å². The lowest BCUT2D eigenvalue weighted by molar-refractivity contribution is -0.143. The van der Waals surface area contributed by atoms with Gasteiger partial charge in [-0.3, -0.25) is 9.48 Å². The van der Waals surface area contributed by atoms with E-state index in [1.165, 1.54) is 10.7 Å². The first kappa shape index (κ1) is 21.2. The molecule has 1 atom stereocenters. The molecule has 10 heteroatoms. The number of urea groups is 1. The Bertz CT molecular complexity index is 1070. The van der Waals surface area contributed by atoms with Gasteiger partial charge in [-0.05, 0) is 42.8 Å². The highest BCUT2D eigenvalue weighted by Crippen LogP contribution is 2.19. The molecular weight excluding hydrogens is 398 g/mol. The molecule has 0 fully saturated rings. The number of halogens is 2. The van der Waals surface area contributed by atoms with Crippen molar-refractivity contribution in [1.82, 2.24) is 15.1 Å². The maximum Gasteiger partial charge on any atom is 0.327 e. The second kappa shape index (κ2) is 9.31. The third-order valence-corrected chi connectivity index (χ3v) is 4.27. The van der Waals surface area contributed by atoms with E-state index >= 15 is 0 Å². The van der Waals surface area contributed by atoms with Crippen LogP contribution in [0.2, 0.25) is 0 Å². The molecule has 30 heavy (non-hydrogen) atoms. The summed E-state index contributed by atoms with van der Waals surface area (Å²) >= 11 is 0. The molecule has 0 bridgehead atoms. The molecule has 8 nitrogen and oxygen atoms in total. The monoisotopic (exact) mass is 418 g/mol. The largest absolute Gasteiger partial charge is 0.465 e. The number of benzene rings is 2. The lowest BCUT2D eigenvalue weighted by Gasteiger charge is -2.13. The number of aliphatic hydroxyl groups is 1. The Hall–Kier alpha value is -3.53. The summed E-state index contributed by atoms with van der Waals surface area (Å²) < 4.78 is 32.6. The molecule has 0 radical (unpaired) electrons. The number of nitrogens with zero attached hydrogens (tertiary/aromatic N) is 2. The number of rotatable bonds is 7. The van der Waals surface area contributed by atoms with Crippen molar-refractivity contribution < 1.29 is 28.2 Å². The number of carbonyl (C=O) groups excluding carboxylic acids is 2. The van der Waals surface area contributed by atoms with Crippen LogP contribution < -0.4 is 10.6 Å². The minimum atomic E-state index is -1.21. The van der Waals surface area contributed by atoms with Gasteiger partial charge < -0.3 is 20.5 Å². The molecule has 3 aromatic rings. The predicted octanol–water partition coefficient (Wildman–Crippen LogP) is 2.73. The Labute approximate surface area is 170 Å². The number of hydrogen-bond acceptors (Lipinski definition) is 5. The SMILES string of the molecule is CCOC(=O)Cn1ncc2ccc(NC(=O)NCC(O)c3ccc(F)c(F)c3)cc21. The molecule has 3 N–H and O–H groups in total. The molecule has 1 unspecified atom stereocenters. The van der Waals surface area contributed by atoms with Gasteiger partial charge in [0.1, 0.15) is 6.54 Å². The van der Waals surface area contributed by atoms with Crippen LogP contribution in [-0.4, -0.2) is 40.0 Å². The van der Waals surface area contributed by atoms with Gasteiger partial charge >= 0.3 is 12.0 Å². The maximum atomic E-state index is 13.3. The zero-order valence-electron chi connectivity index (χ0n) is 16.1. The molecular formula is C20H20F2N4O4. The summed E-state index contributed by atoms with van der Waals surface area (Å²) in [5, 5.41) is 20.0. The molecule has 0 aliphatic heterocycles. The van der Waals surface area contributed by atoms with Crippen LogP contribution in [0.3, 0.4) is 0 Å². The van der Waals surface area contributed by atoms with Gasteiger partial charge in [0.15, 0.2) is 11.6 Å². The quantitative estimate of drug-likeness (QED) is 0.512. The van der Waals surface area contributed by atoms with Crippen LogP contribution >= 0.6 is 0 Å². The van der Waals surface area contributed by atoms with Gasteiger partial charge in [0.2, 0.25) is 0 Å². The number of aliphatic hydroxyl groups excluding tert-OH is 1. The number of hydrogen-bond donors (Lipinski definition) is 3. The Balaban J connectivity index is 1.61. The fourth-order valence-corrected chi connectivity index (χ4v) is 2.81. The van der Waals surface area contributed by atoms with Crippen LogP contribution in [0.1, 0.15) is 18.6 Å². The summed E-state index contributed by atoms with van der Waals surface area (Å²) in [7, 11) is 0. The predicted molar refractivity (Wildman–Crippen MR) is 105 cm³/mol. The minimum absolute atomic E-state index is 0.0621. The summed E-state index contributed by atoms with van der Waals surface area (Å²) in [5.74, 6) is -2.53. The van der Waals surface area contributed by atoms with Crippen molar-refractivity contribution in [3.8, 4) is 0 Å². The highest BCUT2D eigenvalue weighted by Gasteiger charge is 2.13. The molecule has 0 spiro atoms. The molecule has 0 saturated carbocycles. The number of aromatic nitrogens is 2. The van der Waals surface area contributed by atoms with Crippen LogP contribution in [0.5, 0.6) is 0 Å². The minimum Gasteiger partial charge on any atom is -0.465 e. The van der Waals surface area contributed by atoms with E-state index < -0.39 is 29.7 Å². The molecule has 158 valence electrons. The van der Waals surface area contributed by atoms with Crippen LogP contribution in [0.25, 0.3) is 10.9 Å². The number of fused-ring (bicyclic) bond motifs is 1. The van der Waals surface area contributed by atoms with Gasteiger partial charge in [-0.25, -0.2) is 13.6 Å². The Kier molecular flexibility index (Phi) is 6.58. The van der Waals surface area contributed by atoms with Crippen molar-refractivity contribution in [3.05, 3.63) is 59.8 Å². The van der Waals surface area contributed by atoms with Crippen LogP contribution in [0, 0.1) is 11.6 Å². The van der Waals surface area contributed by atoms with Crippen molar-refractivity contribution in [1.29, 1.82) is 0 Å². The highest BCUT2D eigenvalue weighted by atomic mass is 19.2. The Morgan fingerprint density at radius 1 is 1.20 bits per heavy atom. The van der Waals surface area contributed by atoms with Crippen molar-refractivity contribution >= 4 is 28.6 Å². The van der Waals surface area contributed by atoms with Crippen LogP contribution in [0.15, 0.2) is 42.6 Å². The first-order chi connectivity index (χ1) is 14.4. The molecule has 1 aromatic heterocycles. The third-order valence-electron chi connectivity index (χ3n) is 4.27. The molecule has 1 heterocycles. The third kappa shape index (κ3) is 5.09. The Morgan fingerprint density at radius 3 is 2.73 bits per heavy atom. The number of amides is 2. The average molecular weight is 418 g/mol. The second-order valence-corrected chi connectivity index (χ2v) is 6.41. The smallest absolute Gasteiger partial charge is 0.327 e. The van der Waals surface area contributed by atoms with Crippen LogP contribution in [0.4, 0.5) is 19.3 Å². The summed E-state index contributed by atoms with van der Waals surface area (Å²) in [5.41, 5.74) is 1.20. The summed E-state index contributed by atoms with van der Waals surface area (Å²) in [6.45, 7) is 1.71. The Morgan fingerprint density at radius 2 is 2.00 bits per heavy atom. The van der Waals surface area contributed by atoms with Gasteiger partial charge in [-0.1, -0.05) is 6.07 Å². The molecule has 0 aliphatic carbocycles. The number of carbonyl (C=O) groups is 2. The fourth-order valence-electron chi connectivity index (χ4n) is 2.81. The number of esters is 1. The fraction of sp³-hybridized carbons (Fsp3) is 0.250. The molecule has 0 saturated heterocycles. The van der Waals surface area contributed by atoms with E-state index in [0.717, 1.165) is 17.5 Å². The van der Waals surface area contributed by atoms with E-state index in [9.17, 15) is 23.5 Å². The van der Waals surface area contributed by atoms with Gasteiger partial charge in [0, 0.05) is 17.6 Å². The average Bonchev–Trinajstić information content (AvgIpc) is 3.10. The maximum absolute atomic E-state index is 13.3. The molecule has 2 amide bonds. The van der Waals surface area contributed by atoms with Crippen molar-refractivity contribution in [2.24, 2.45) is 0 Å². The van der Waals surface area contributed by atoms with Crippen molar-refractivity contribution in [2.75, 3.05) is 18.5 Å². The summed E-state index contributed by atoms with van der Waals surface area (Å²) in [6.07, 6.45) is 0.385. The first-order valence-corrected chi connectivity index (χ1v) is 9.16. The van der Waals surface area contributed by atoms with E-state index in [4.69, 9.17) is 4.74 Å².